The van der Waals surface area contributed by atoms with Crippen LogP contribution in [0.2, 0.25) is 0 Å². The number of furan rings is 1. The van der Waals surface area contributed by atoms with E-state index in [1.165, 1.54) is 0 Å². The molecular weight excluding hydrogens is 366 g/mol. The molecule has 3 aromatic heterocycles. The Morgan fingerprint density at radius 1 is 1.10 bits per heavy atom. The van der Waals surface area contributed by atoms with Gasteiger partial charge in [-0.1, -0.05) is 0 Å². The van der Waals surface area contributed by atoms with Crippen molar-refractivity contribution in [1.29, 1.82) is 0 Å². The van der Waals surface area contributed by atoms with Gasteiger partial charge in [-0.3, -0.25) is 9.78 Å². The lowest BCUT2D eigenvalue weighted by atomic mass is 10.1. The number of anilines is 2. The molecule has 5 rings (SSSR count). The van der Waals surface area contributed by atoms with Crippen LogP contribution in [0.25, 0.3) is 22.2 Å². The molecule has 1 aromatic carbocycles. The number of nitrogens with zero attached hydrogens (tertiary/aromatic N) is 2. The molecule has 7 heteroatoms. The Balaban J connectivity index is 1.37. The number of hydrogen-bond acceptors (Lipinski definition) is 5. The van der Waals surface area contributed by atoms with Crippen LogP contribution in [0, 0.1) is 0 Å². The molecule has 1 saturated heterocycles. The zero-order chi connectivity index (χ0) is 19.6. The fourth-order valence-corrected chi connectivity index (χ4v) is 3.67. The highest BCUT2D eigenvalue weighted by Gasteiger charge is 2.18. The first-order valence-corrected chi connectivity index (χ1v) is 9.66. The van der Waals surface area contributed by atoms with Gasteiger partial charge in [0.15, 0.2) is 5.76 Å². The predicted molar refractivity (Wildman–Crippen MR) is 113 cm³/mol. The average molecular weight is 387 g/mol. The van der Waals surface area contributed by atoms with E-state index in [0.29, 0.717) is 11.4 Å². The smallest absolute Gasteiger partial charge is 0.291 e. The van der Waals surface area contributed by atoms with Gasteiger partial charge in [0.05, 0.1) is 17.6 Å². The number of rotatable bonds is 4. The highest BCUT2D eigenvalue weighted by molar-refractivity contribution is 6.04. The van der Waals surface area contributed by atoms with Crippen LogP contribution in [0.4, 0.5) is 11.4 Å². The number of pyridine rings is 1. The van der Waals surface area contributed by atoms with Crippen molar-refractivity contribution in [3.8, 4) is 11.3 Å². The molecule has 146 valence electrons. The minimum Gasteiger partial charge on any atom is -0.451 e. The van der Waals surface area contributed by atoms with Crippen molar-refractivity contribution < 1.29 is 9.21 Å². The number of carbonyl (C=O) groups excluding carboxylic acids is 1. The lowest BCUT2D eigenvalue weighted by molar-refractivity contribution is 0.0997. The number of fused-ring (bicyclic) bond motifs is 1. The Morgan fingerprint density at radius 3 is 2.90 bits per heavy atom. The van der Waals surface area contributed by atoms with Crippen molar-refractivity contribution >= 4 is 28.2 Å². The first kappa shape index (κ1) is 17.5. The maximum absolute atomic E-state index is 12.8. The molecule has 4 heterocycles. The minimum absolute atomic E-state index is 0.268. The third-order valence-corrected chi connectivity index (χ3v) is 5.17. The summed E-state index contributed by atoms with van der Waals surface area (Å²) in [5.41, 5.74) is 3.65. The molecule has 0 aliphatic carbocycles. The van der Waals surface area contributed by atoms with Gasteiger partial charge in [-0.15, -0.1) is 0 Å². The van der Waals surface area contributed by atoms with Crippen LogP contribution < -0.4 is 15.5 Å². The Kier molecular flexibility index (Phi) is 4.50. The third-order valence-electron chi connectivity index (χ3n) is 5.17. The first-order valence-electron chi connectivity index (χ1n) is 9.66. The summed E-state index contributed by atoms with van der Waals surface area (Å²) < 4.78 is 5.85. The maximum atomic E-state index is 12.8. The van der Waals surface area contributed by atoms with Crippen molar-refractivity contribution in [2.24, 2.45) is 0 Å². The zero-order valence-electron chi connectivity index (χ0n) is 15.8. The average Bonchev–Trinajstić information content (AvgIpc) is 3.44. The quantitative estimate of drug-likeness (QED) is 0.499. The molecule has 0 saturated carbocycles. The standard InChI is InChI=1S/C22H21N5O2/c28-22(26-18-14-24-7-6-19(18)27-11-9-23-10-12-27)21-4-3-20(29-21)16-1-2-17-15(13-16)5-8-25-17/h1-8,13-14,23,25H,9-12H2,(H,26,28). The SMILES string of the molecule is O=C(Nc1cnccc1N1CCNCC1)c1ccc(-c2ccc3[nH]ccc3c2)o1. The summed E-state index contributed by atoms with van der Waals surface area (Å²) in [6.45, 7) is 3.62. The predicted octanol–water partition coefficient (Wildman–Crippen LogP) is 3.48. The number of benzene rings is 1. The Bertz CT molecular complexity index is 1160. The van der Waals surface area contributed by atoms with E-state index in [2.05, 4.69) is 25.5 Å². The van der Waals surface area contributed by atoms with Crippen molar-refractivity contribution in [2.75, 3.05) is 36.4 Å². The van der Waals surface area contributed by atoms with E-state index < -0.39 is 0 Å². The van der Waals surface area contributed by atoms with Crippen LogP contribution in [0.1, 0.15) is 10.6 Å². The van der Waals surface area contributed by atoms with Gasteiger partial charge in [0.25, 0.3) is 5.91 Å². The second-order valence-electron chi connectivity index (χ2n) is 7.03. The lowest BCUT2D eigenvalue weighted by Crippen LogP contribution is -2.43. The first-order chi connectivity index (χ1) is 14.3. The van der Waals surface area contributed by atoms with Crippen LogP contribution in [-0.4, -0.2) is 42.1 Å². The summed E-state index contributed by atoms with van der Waals surface area (Å²) in [5, 5.41) is 7.39. The summed E-state index contributed by atoms with van der Waals surface area (Å²) in [4.78, 5) is 22.4. The summed E-state index contributed by atoms with van der Waals surface area (Å²) in [7, 11) is 0. The van der Waals surface area contributed by atoms with Gasteiger partial charge in [-0.25, -0.2) is 0 Å². The third kappa shape index (κ3) is 3.48. The summed E-state index contributed by atoms with van der Waals surface area (Å²) >= 11 is 0. The molecule has 1 aliphatic heterocycles. The molecular formula is C22H21N5O2. The van der Waals surface area contributed by atoms with Crippen molar-refractivity contribution in [3.05, 3.63) is 66.8 Å². The highest BCUT2D eigenvalue weighted by Crippen LogP contribution is 2.28. The molecule has 0 bridgehead atoms. The maximum Gasteiger partial charge on any atom is 0.291 e. The molecule has 0 radical (unpaired) electrons. The van der Waals surface area contributed by atoms with Gasteiger partial charge in [0, 0.05) is 55.0 Å². The van der Waals surface area contributed by atoms with Gasteiger partial charge in [-0.05, 0) is 42.5 Å². The summed E-state index contributed by atoms with van der Waals surface area (Å²) in [5.74, 6) is 0.638. The van der Waals surface area contributed by atoms with Gasteiger partial charge in [-0.2, -0.15) is 0 Å². The number of hydrogen-bond donors (Lipinski definition) is 3. The topological polar surface area (TPSA) is 86.2 Å². The van der Waals surface area contributed by atoms with Gasteiger partial charge in [0.1, 0.15) is 5.76 Å². The summed E-state index contributed by atoms with van der Waals surface area (Å²) in [6.07, 6.45) is 5.33. The molecule has 0 spiro atoms. The molecule has 0 atom stereocenters. The number of aromatic amines is 1. The molecule has 1 fully saturated rings. The van der Waals surface area contributed by atoms with E-state index in [4.69, 9.17) is 4.42 Å². The zero-order valence-corrected chi connectivity index (χ0v) is 15.8. The van der Waals surface area contributed by atoms with E-state index in [9.17, 15) is 4.79 Å². The number of carbonyl (C=O) groups is 1. The van der Waals surface area contributed by atoms with Crippen LogP contribution in [0.5, 0.6) is 0 Å². The van der Waals surface area contributed by atoms with Crippen LogP contribution in [0.15, 0.2) is 65.5 Å². The number of H-pyrrole nitrogens is 1. The highest BCUT2D eigenvalue weighted by atomic mass is 16.3. The van der Waals surface area contributed by atoms with Gasteiger partial charge in [0.2, 0.25) is 0 Å². The van der Waals surface area contributed by atoms with Gasteiger partial charge < -0.3 is 24.9 Å². The normalized spacial score (nSPS) is 14.3. The van der Waals surface area contributed by atoms with Crippen LogP contribution >= 0.6 is 0 Å². The number of amides is 1. The number of aromatic nitrogens is 2. The Hall–Kier alpha value is -3.58. The largest absolute Gasteiger partial charge is 0.451 e. The lowest BCUT2D eigenvalue weighted by Gasteiger charge is -2.30. The van der Waals surface area contributed by atoms with Crippen LogP contribution in [0.3, 0.4) is 0 Å². The van der Waals surface area contributed by atoms with Gasteiger partial charge >= 0.3 is 0 Å². The Morgan fingerprint density at radius 2 is 2.00 bits per heavy atom. The minimum atomic E-state index is -0.289. The molecule has 4 aromatic rings. The van der Waals surface area contributed by atoms with Crippen LogP contribution in [-0.2, 0) is 0 Å². The van der Waals surface area contributed by atoms with E-state index in [-0.39, 0.29) is 11.7 Å². The summed E-state index contributed by atoms with van der Waals surface area (Å²) in [6, 6.07) is 13.5. The number of nitrogens with one attached hydrogen (secondary N) is 3. The molecule has 3 N–H and O–H groups in total. The van der Waals surface area contributed by atoms with E-state index >= 15 is 0 Å². The second kappa shape index (κ2) is 7.44. The molecule has 29 heavy (non-hydrogen) atoms. The second-order valence-corrected chi connectivity index (χ2v) is 7.03. The number of piperazine rings is 1. The molecule has 1 amide bonds. The van der Waals surface area contributed by atoms with E-state index in [1.54, 1.807) is 18.5 Å². The van der Waals surface area contributed by atoms with Crippen molar-refractivity contribution in [1.82, 2.24) is 15.3 Å². The Labute approximate surface area is 167 Å². The monoisotopic (exact) mass is 387 g/mol. The fourth-order valence-electron chi connectivity index (χ4n) is 3.67. The molecule has 1 aliphatic rings. The fraction of sp³-hybridized carbons (Fsp3) is 0.182. The van der Waals surface area contributed by atoms with E-state index in [0.717, 1.165) is 48.3 Å². The molecule has 0 unspecified atom stereocenters. The van der Waals surface area contributed by atoms with E-state index in [1.807, 2.05) is 42.6 Å². The molecule has 7 nitrogen and oxygen atoms in total. The van der Waals surface area contributed by atoms with Crippen molar-refractivity contribution in [2.45, 2.75) is 0 Å². The van der Waals surface area contributed by atoms with Crippen molar-refractivity contribution in [3.63, 3.8) is 0 Å².